The van der Waals surface area contributed by atoms with Crippen LogP contribution in [0.15, 0.2) is 109 Å². The molecule has 0 bridgehead atoms. The van der Waals surface area contributed by atoms with Crippen LogP contribution in [-0.4, -0.2) is 0 Å². The highest BCUT2D eigenvalue weighted by Gasteiger charge is 2.06. The average molecular weight is 529 g/mol. The van der Waals surface area contributed by atoms with Crippen LogP contribution in [0.2, 0.25) is 0 Å². The summed E-state index contributed by atoms with van der Waals surface area (Å²) >= 11 is 0. The summed E-state index contributed by atoms with van der Waals surface area (Å²) in [4.78, 5) is 0. The van der Waals surface area contributed by atoms with Gasteiger partial charge in [-0.25, -0.2) is 0 Å². The molecule has 0 aliphatic carbocycles. The Morgan fingerprint density at radius 1 is 0.275 bits per heavy atom. The molecule has 0 unspecified atom stereocenters. The maximum Gasteiger partial charge on any atom is -0.00268 e. The highest BCUT2D eigenvalue weighted by molar-refractivity contribution is 6.22. The molecule has 0 nitrogen and oxygen atoms in total. The predicted molar refractivity (Wildman–Crippen MR) is 181 cm³/mol. The molecule has 40 heavy (non-hydrogen) atoms. The van der Waals surface area contributed by atoms with Gasteiger partial charge in [-0.15, -0.1) is 0 Å². The summed E-state index contributed by atoms with van der Waals surface area (Å²) in [5, 5.41) is 10.8. The van der Waals surface area contributed by atoms with Gasteiger partial charge in [-0.3, -0.25) is 0 Å². The van der Waals surface area contributed by atoms with E-state index in [2.05, 4.69) is 123 Å². The van der Waals surface area contributed by atoms with Crippen molar-refractivity contribution in [3.05, 3.63) is 109 Å². The molecule has 6 aromatic rings. The van der Waals surface area contributed by atoms with Crippen molar-refractivity contribution in [2.45, 2.75) is 90.9 Å². The summed E-state index contributed by atoms with van der Waals surface area (Å²) in [6.45, 7) is 4.57. The van der Waals surface area contributed by atoms with Gasteiger partial charge in [0.1, 0.15) is 0 Å². The van der Waals surface area contributed by atoms with Crippen molar-refractivity contribution >= 4 is 43.1 Å². The maximum absolute atomic E-state index is 2.29. The smallest absolute Gasteiger partial charge is 0.00268 e. The van der Waals surface area contributed by atoms with Gasteiger partial charge in [0, 0.05) is 0 Å². The topological polar surface area (TPSA) is 0 Å². The summed E-state index contributed by atoms with van der Waals surface area (Å²) in [5.74, 6) is 0. The lowest BCUT2D eigenvalue weighted by atomic mass is 9.95. The van der Waals surface area contributed by atoms with E-state index < -0.39 is 0 Å². The average Bonchev–Trinajstić information content (AvgIpc) is 3.02. The summed E-state index contributed by atoms with van der Waals surface area (Å²) in [6, 6.07) is 38.6. The van der Waals surface area contributed by atoms with Crippen molar-refractivity contribution in [1.29, 1.82) is 0 Å². The summed E-state index contributed by atoms with van der Waals surface area (Å²) in [5.41, 5.74) is 0. The molecule has 0 aliphatic heterocycles. The van der Waals surface area contributed by atoms with Gasteiger partial charge in [0.25, 0.3) is 0 Å². The van der Waals surface area contributed by atoms with Crippen molar-refractivity contribution in [3.8, 4) is 0 Å². The molecule has 0 radical (unpaired) electrons. The van der Waals surface area contributed by atoms with Gasteiger partial charge in [0.15, 0.2) is 0 Å². The number of unbranched alkanes of at least 4 members (excludes halogenated alkanes) is 11. The number of benzene rings is 6. The molecule has 0 fully saturated rings. The third kappa shape index (κ3) is 8.56. The largest absolute Gasteiger partial charge is 0.0654 e. The molecule has 0 heteroatoms. The van der Waals surface area contributed by atoms with E-state index in [1.165, 1.54) is 120 Å². The van der Waals surface area contributed by atoms with Crippen LogP contribution in [0.25, 0.3) is 43.1 Å². The Kier molecular flexibility index (Phi) is 12.3. The fraction of sp³-hybridized carbons (Fsp3) is 0.350. The summed E-state index contributed by atoms with van der Waals surface area (Å²) in [7, 11) is 0. The summed E-state index contributed by atoms with van der Waals surface area (Å²) in [6.07, 6.45) is 17.4. The van der Waals surface area contributed by atoms with E-state index in [0.717, 1.165) is 0 Å². The first kappa shape index (κ1) is 29.6. The van der Waals surface area contributed by atoms with Gasteiger partial charge in [-0.2, -0.15) is 0 Å². The molecule has 208 valence electrons. The third-order valence-electron chi connectivity index (χ3n) is 8.01. The summed E-state index contributed by atoms with van der Waals surface area (Å²) < 4.78 is 0. The van der Waals surface area contributed by atoms with E-state index in [9.17, 15) is 0 Å². The first-order valence-electron chi connectivity index (χ1n) is 15.9. The second-order valence-electron chi connectivity index (χ2n) is 11.2. The fourth-order valence-corrected chi connectivity index (χ4v) is 5.72. The first-order valence-corrected chi connectivity index (χ1v) is 15.9. The molecular weight excluding hydrogens is 480 g/mol. The molecule has 0 heterocycles. The van der Waals surface area contributed by atoms with Gasteiger partial charge in [-0.05, 0) is 43.1 Å². The van der Waals surface area contributed by atoms with E-state index in [4.69, 9.17) is 0 Å². The third-order valence-corrected chi connectivity index (χ3v) is 8.01. The van der Waals surface area contributed by atoms with Gasteiger partial charge < -0.3 is 0 Å². The van der Waals surface area contributed by atoms with E-state index in [1.54, 1.807) is 0 Å². The highest BCUT2D eigenvalue weighted by atomic mass is 14.1. The van der Waals surface area contributed by atoms with Crippen LogP contribution in [0.4, 0.5) is 0 Å². The zero-order chi connectivity index (χ0) is 27.8. The van der Waals surface area contributed by atoms with Gasteiger partial charge in [-0.1, -0.05) is 200 Å². The Bertz CT molecular complexity index is 1320. The zero-order valence-electron chi connectivity index (χ0n) is 24.9. The van der Waals surface area contributed by atoms with Crippen LogP contribution >= 0.6 is 0 Å². The molecule has 0 saturated carbocycles. The minimum absolute atomic E-state index is 1.31. The molecule has 6 aromatic carbocycles. The molecular formula is C40H48. The SMILES string of the molecule is CCCCCCCCCCCCCC.c1cc2ccc3cccc4ccc(c1)c2c34.c1ccc2ccccc2c1. The lowest BCUT2D eigenvalue weighted by molar-refractivity contribution is 0.548. The standard InChI is InChI=1S/C16H10.C14H30.C10H8/c1-3-11-7-9-13-5-2-6-14-10-8-12(4-1)15(11)16(13)14;1-3-5-7-9-11-13-14-12-10-8-6-4-2;1-2-6-10-8-4-3-7-9(10)5-1/h1-10H;3-14H2,1-2H3;1-8H. The predicted octanol–water partition coefficient (Wildman–Crippen LogP) is 13.1. The minimum atomic E-state index is 1.31. The van der Waals surface area contributed by atoms with Gasteiger partial charge in [0.05, 0.1) is 0 Å². The number of rotatable bonds is 11. The van der Waals surface area contributed by atoms with Crippen LogP contribution < -0.4 is 0 Å². The zero-order valence-corrected chi connectivity index (χ0v) is 24.9. The minimum Gasteiger partial charge on any atom is -0.0654 e. The molecule has 0 atom stereocenters. The van der Waals surface area contributed by atoms with Crippen molar-refractivity contribution < 1.29 is 0 Å². The Balaban J connectivity index is 0.000000143. The Labute approximate surface area is 242 Å². The normalized spacial score (nSPS) is 10.9. The van der Waals surface area contributed by atoms with Crippen molar-refractivity contribution in [2.24, 2.45) is 0 Å². The van der Waals surface area contributed by atoms with E-state index >= 15 is 0 Å². The van der Waals surface area contributed by atoms with Crippen LogP contribution in [-0.2, 0) is 0 Å². The van der Waals surface area contributed by atoms with Gasteiger partial charge >= 0.3 is 0 Å². The van der Waals surface area contributed by atoms with Crippen LogP contribution in [0.5, 0.6) is 0 Å². The van der Waals surface area contributed by atoms with E-state index in [1.807, 2.05) is 0 Å². The Morgan fingerprint density at radius 2 is 0.525 bits per heavy atom. The number of hydrogen-bond acceptors (Lipinski definition) is 0. The number of fused-ring (bicyclic) bond motifs is 1. The monoisotopic (exact) mass is 528 g/mol. The van der Waals surface area contributed by atoms with Gasteiger partial charge in [0.2, 0.25) is 0 Å². The van der Waals surface area contributed by atoms with Crippen molar-refractivity contribution in [2.75, 3.05) is 0 Å². The second kappa shape index (κ2) is 16.7. The lowest BCUT2D eigenvalue weighted by Gasteiger charge is -2.09. The molecule has 0 aliphatic rings. The fourth-order valence-electron chi connectivity index (χ4n) is 5.72. The molecule has 0 spiro atoms. The molecule has 0 saturated heterocycles. The van der Waals surface area contributed by atoms with E-state index in [0.29, 0.717) is 0 Å². The first-order chi connectivity index (χ1) is 19.8. The maximum atomic E-state index is 2.29. The van der Waals surface area contributed by atoms with Crippen LogP contribution in [0.1, 0.15) is 90.9 Å². The van der Waals surface area contributed by atoms with Crippen LogP contribution in [0, 0.1) is 0 Å². The second-order valence-corrected chi connectivity index (χ2v) is 11.2. The molecule has 0 aromatic heterocycles. The molecule has 6 rings (SSSR count). The van der Waals surface area contributed by atoms with E-state index in [-0.39, 0.29) is 0 Å². The molecule has 0 N–H and O–H groups in total. The van der Waals surface area contributed by atoms with Crippen molar-refractivity contribution in [3.63, 3.8) is 0 Å². The Morgan fingerprint density at radius 3 is 0.800 bits per heavy atom. The Hall–Kier alpha value is -3.38. The van der Waals surface area contributed by atoms with Crippen molar-refractivity contribution in [1.82, 2.24) is 0 Å². The van der Waals surface area contributed by atoms with Crippen LogP contribution in [0.3, 0.4) is 0 Å². The molecule has 0 amide bonds. The number of hydrogen-bond donors (Lipinski definition) is 0. The lowest BCUT2D eigenvalue weighted by Crippen LogP contribution is -1.82. The quantitative estimate of drug-likeness (QED) is 0.116. The highest BCUT2D eigenvalue weighted by Crippen LogP contribution is 2.33.